The molecule has 2 N–H and O–H groups in total. The second-order valence-electron chi connectivity index (χ2n) is 10.4. The Morgan fingerprint density at radius 2 is 1.77 bits per heavy atom. The number of anilines is 1. The highest BCUT2D eigenvalue weighted by molar-refractivity contribution is 5.74. The van der Waals surface area contributed by atoms with E-state index >= 15 is 0 Å². The first-order chi connectivity index (χ1) is 18.9. The summed E-state index contributed by atoms with van der Waals surface area (Å²) in [6.07, 6.45) is 3.27. The van der Waals surface area contributed by atoms with E-state index in [1.807, 2.05) is 19.9 Å². The molecule has 40 heavy (non-hydrogen) atoms. The summed E-state index contributed by atoms with van der Waals surface area (Å²) in [5.41, 5.74) is 8.67. The minimum absolute atomic E-state index is 0.00898. The lowest BCUT2D eigenvalue weighted by Gasteiger charge is -2.22. The average molecular weight is 558 g/mol. The number of rotatable bonds is 7. The third kappa shape index (κ3) is 4.77. The molecule has 0 spiro atoms. The summed E-state index contributed by atoms with van der Waals surface area (Å²) >= 11 is 0. The van der Waals surface area contributed by atoms with E-state index < -0.39 is 23.7 Å². The topological polar surface area (TPSA) is 105 Å². The van der Waals surface area contributed by atoms with Crippen molar-refractivity contribution < 1.29 is 22.0 Å². The van der Waals surface area contributed by atoms with Crippen LogP contribution >= 0.6 is 0 Å². The van der Waals surface area contributed by atoms with Crippen LogP contribution in [-0.4, -0.2) is 45.1 Å². The van der Waals surface area contributed by atoms with Crippen molar-refractivity contribution in [1.29, 1.82) is 0 Å². The van der Waals surface area contributed by atoms with E-state index in [-0.39, 0.29) is 30.9 Å². The van der Waals surface area contributed by atoms with Crippen molar-refractivity contribution in [3.05, 3.63) is 66.5 Å². The third-order valence-electron chi connectivity index (χ3n) is 7.02. The van der Waals surface area contributed by atoms with Crippen LogP contribution in [0.1, 0.15) is 37.6 Å². The molecule has 0 aromatic carbocycles. The van der Waals surface area contributed by atoms with Crippen LogP contribution in [0, 0.1) is 11.8 Å². The second-order valence-corrected chi connectivity index (χ2v) is 10.4. The van der Waals surface area contributed by atoms with E-state index in [2.05, 4.69) is 25.3 Å². The van der Waals surface area contributed by atoms with Crippen molar-refractivity contribution in [2.45, 2.75) is 45.0 Å². The monoisotopic (exact) mass is 557 g/mol. The van der Waals surface area contributed by atoms with Crippen LogP contribution in [-0.2, 0) is 12.7 Å². The average Bonchev–Trinajstić information content (AvgIpc) is 3.37. The lowest BCUT2D eigenvalue weighted by atomic mass is 9.97. The fourth-order valence-electron chi connectivity index (χ4n) is 4.89. The van der Waals surface area contributed by atoms with Gasteiger partial charge in [-0.25, -0.2) is 13.3 Å². The molecule has 0 radical (unpaired) electrons. The van der Waals surface area contributed by atoms with E-state index in [0.717, 1.165) is 17.2 Å². The van der Waals surface area contributed by atoms with Gasteiger partial charge in [-0.05, 0) is 35.2 Å². The second kappa shape index (κ2) is 9.10. The van der Waals surface area contributed by atoms with E-state index in [4.69, 9.17) is 5.73 Å². The highest BCUT2D eigenvalue weighted by Crippen LogP contribution is 2.49. The lowest BCUT2D eigenvalue weighted by molar-refractivity contribution is -0.141. The fourth-order valence-corrected chi connectivity index (χ4v) is 4.89. The molecule has 1 aliphatic rings. The molecule has 0 amide bonds. The first kappa shape index (κ1) is 25.9. The molecule has 5 aromatic rings. The van der Waals surface area contributed by atoms with Crippen LogP contribution in [0.3, 0.4) is 0 Å². The lowest BCUT2D eigenvalue weighted by Crippen LogP contribution is -2.18. The minimum Gasteiger partial charge on any atom is -0.366 e. The number of hydrogen-bond acceptors (Lipinski definition) is 6. The van der Waals surface area contributed by atoms with Crippen molar-refractivity contribution >= 4 is 11.6 Å². The zero-order valence-corrected chi connectivity index (χ0v) is 21.4. The van der Waals surface area contributed by atoms with Gasteiger partial charge < -0.3 is 5.73 Å². The number of aromatic nitrogens is 8. The SMILES string of the molecule is CC(C)C(c1ccc(C(F)(F)F)nc1)n1cc(-c2cc(-c3cnn(CC4CC4(F)F)c3)n3nc(N)nc3c2)cn1. The van der Waals surface area contributed by atoms with Crippen molar-refractivity contribution in [3.8, 4) is 22.4 Å². The number of alkyl halides is 5. The van der Waals surface area contributed by atoms with Gasteiger partial charge in [0.2, 0.25) is 5.95 Å². The molecule has 1 saturated carbocycles. The summed E-state index contributed by atoms with van der Waals surface area (Å²) in [5.74, 6) is -3.32. The summed E-state index contributed by atoms with van der Waals surface area (Å²) in [7, 11) is 0. The van der Waals surface area contributed by atoms with Gasteiger partial charge in [-0.1, -0.05) is 19.9 Å². The highest BCUT2D eigenvalue weighted by atomic mass is 19.4. The Hall–Kier alpha value is -4.36. The number of hydrogen-bond donors (Lipinski definition) is 1. The summed E-state index contributed by atoms with van der Waals surface area (Å²) < 4.78 is 70.6. The standard InChI is InChI=1S/C26H24F5N9/c1-14(2)23(15-3-4-21(33-8-15)26(29,30)31)39-12-17(9-35-39)16-5-20(40-22(6-16)36-24(32)37-40)18-10-34-38(11-18)13-19-7-25(19,27)28/h3-6,8-12,14,19,23H,7,13H2,1-2H3,(H2,32,37). The summed E-state index contributed by atoms with van der Waals surface area (Å²) in [6.45, 7) is 4.00. The fraction of sp³-hybridized carbons (Fsp3) is 0.346. The normalized spacial score (nSPS) is 17.6. The molecule has 5 aromatic heterocycles. The van der Waals surface area contributed by atoms with Crippen molar-refractivity contribution in [1.82, 2.24) is 39.1 Å². The van der Waals surface area contributed by atoms with Gasteiger partial charge in [0.25, 0.3) is 5.92 Å². The quantitative estimate of drug-likeness (QED) is 0.271. The first-order valence-electron chi connectivity index (χ1n) is 12.5. The molecule has 2 unspecified atom stereocenters. The zero-order chi connectivity index (χ0) is 28.4. The minimum atomic E-state index is -4.52. The molecule has 2 atom stereocenters. The Morgan fingerprint density at radius 1 is 1.02 bits per heavy atom. The largest absolute Gasteiger partial charge is 0.433 e. The maximum atomic E-state index is 13.4. The maximum absolute atomic E-state index is 13.4. The van der Waals surface area contributed by atoms with E-state index in [1.54, 1.807) is 40.1 Å². The third-order valence-corrected chi connectivity index (χ3v) is 7.02. The van der Waals surface area contributed by atoms with Gasteiger partial charge in [0.05, 0.1) is 24.1 Å². The summed E-state index contributed by atoms with van der Waals surface area (Å²) in [5, 5.41) is 13.0. The predicted molar refractivity (Wildman–Crippen MR) is 135 cm³/mol. The molecule has 0 bridgehead atoms. The van der Waals surface area contributed by atoms with E-state index in [1.165, 1.54) is 16.9 Å². The molecule has 1 fully saturated rings. The van der Waals surface area contributed by atoms with Crippen molar-refractivity contribution in [2.75, 3.05) is 5.73 Å². The Kier molecular flexibility index (Phi) is 5.89. The highest BCUT2D eigenvalue weighted by Gasteiger charge is 2.56. The summed E-state index contributed by atoms with van der Waals surface area (Å²) in [4.78, 5) is 7.90. The van der Waals surface area contributed by atoms with Crippen LogP contribution in [0.25, 0.3) is 28.0 Å². The Bertz CT molecular complexity index is 1680. The molecule has 0 saturated heterocycles. The Morgan fingerprint density at radius 3 is 2.42 bits per heavy atom. The van der Waals surface area contributed by atoms with Gasteiger partial charge in [-0.2, -0.15) is 28.4 Å². The van der Waals surface area contributed by atoms with Gasteiger partial charge in [0.15, 0.2) is 5.65 Å². The van der Waals surface area contributed by atoms with Gasteiger partial charge in [-0.15, -0.1) is 5.10 Å². The van der Waals surface area contributed by atoms with Gasteiger partial charge >= 0.3 is 6.18 Å². The van der Waals surface area contributed by atoms with Crippen LogP contribution in [0.2, 0.25) is 0 Å². The van der Waals surface area contributed by atoms with Crippen molar-refractivity contribution in [3.63, 3.8) is 0 Å². The molecule has 5 heterocycles. The number of nitrogen functional groups attached to an aromatic ring is 1. The number of pyridine rings is 2. The molecule has 0 aliphatic heterocycles. The zero-order valence-electron chi connectivity index (χ0n) is 21.4. The Balaban J connectivity index is 1.35. The van der Waals surface area contributed by atoms with Crippen molar-refractivity contribution in [2.24, 2.45) is 11.8 Å². The molecule has 6 rings (SSSR count). The van der Waals surface area contributed by atoms with Crippen LogP contribution in [0.4, 0.5) is 27.9 Å². The molecular formula is C26H24F5N9. The van der Waals surface area contributed by atoms with Crippen LogP contribution in [0.5, 0.6) is 0 Å². The molecule has 9 nitrogen and oxygen atoms in total. The van der Waals surface area contributed by atoms with Gasteiger partial charge in [-0.3, -0.25) is 14.3 Å². The number of nitrogens with two attached hydrogens (primary N) is 1. The number of fused-ring (bicyclic) bond motifs is 1. The summed E-state index contributed by atoms with van der Waals surface area (Å²) in [6, 6.07) is 5.65. The smallest absolute Gasteiger partial charge is 0.366 e. The molecule has 208 valence electrons. The predicted octanol–water partition coefficient (Wildman–Crippen LogP) is 5.35. The van der Waals surface area contributed by atoms with Crippen LogP contribution < -0.4 is 5.73 Å². The molecular weight excluding hydrogens is 533 g/mol. The molecule has 14 heteroatoms. The number of halogens is 5. The molecule has 1 aliphatic carbocycles. The van der Waals surface area contributed by atoms with E-state index in [9.17, 15) is 22.0 Å². The maximum Gasteiger partial charge on any atom is 0.433 e. The first-order valence-corrected chi connectivity index (χ1v) is 12.5. The Labute approximate surface area is 224 Å². The van der Waals surface area contributed by atoms with Crippen LogP contribution in [0.15, 0.2) is 55.2 Å². The number of nitrogens with zero attached hydrogens (tertiary/aromatic N) is 8. The van der Waals surface area contributed by atoms with E-state index in [0.29, 0.717) is 22.5 Å². The van der Waals surface area contributed by atoms with Gasteiger partial charge in [0.1, 0.15) is 5.69 Å². The van der Waals surface area contributed by atoms with Gasteiger partial charge in [0, 0.05) is 48.6 Å².